The zero-order chi connectivity index (χ0) is 12.4. The lowest BCUT2D eigenvalue weighted by molar-refractivity contribution is 0.348. The van der Waals surface area contributed by atoms with E-state index in [2.05, 4.69) is 33.0 Å². The first-order valence-corrected chi connectivity index (χ1v) is 7.30. The van der Waals surface area contributed by atoms with E-state index in [-0.39, 0.29) is 0 Å². The van der Waals surface area contributed by atoms with Gasteiger partial charge in [-0.15, -0.1) is 11.3 Å². The monoisotopic (exact) mass is 262 g/mol. The van der Waals surface area contributed by atoms with Gasteiger partial charge < -0.3 is 9.88 Å². The summed E-state index contributed by atoms with van der Waals surface area (Å²) in [7, 11) is 0. The molecule has 18 heavy (non-hydrogen) atoms. The van der Waals surface area contributed by atoms with Gasteiger partial charge in [0.15, 0.2) is 0 Å². The highest BCUT2D eigenvalue weighted by Gasteiger charge is 2.18. The molecule has 0 aromatic carbocycles. The van der Waals surface area contributed by atoms with Gasteiger partial charge in [0, 0.05) is 43.3 Å². The van der Waals surface area contributed by atoms with E-state index in [0.717, 1.165) is 37.7 Å². The second kappa shape index (κ2) is 5.20. The summed E-state index contributed by atoms with van der Waals surface area (Å²) < 4.78 is 2.29. The molecule has 0 saturated carbocycles. The Morgan fingerprint density at radius 2 is 2.44 bits per heavy atom. The minimum absolute atomic E-state index is 0.722. The molecule has 0 amide bonds. The molecule has 2 aromatic rings. The minimum atomic E-state index is 0.722. The van der Waals surface area contributed by atoms with Crippen LogP contribution >= 0.6 is 11.3 Å². The molecule has 1 aliphatic rings. The first-order valence-electron chi connectivity index (χ1n) is 6.42. The fourth-order valence-electron chi connectivity index (χ4n) is 2.49. The first-order chi connectivity index (χ1) is 8.83. The van der Waals surface area contributed by atoms with Crippen molar-refractivity contribution in [1.82, 2.24) is 19.9 Å². The second-order valence-corrected chi connectivity index (χ2v) is 5.83. The first kappa shape index (κ1) is 11.9. The van der Waals surface area contributed by atoms with Crippen LogP contribution in [0.2, 0.25) is 0 Å². The Labute approximate surface area is 111 Å². The zero-order valence-corrected chi connectivity index (χ0v) is 11.4. The van der Waals surface area contributed by atoms with E-state index in [4.69, 9.17) is 0 Å². The Bertz CT molecular complexity index is 517. The van der Waals surface area contributed by atoms with Gasteiger partial charge in [-0.2, -0.15) is 0 Å². The molecular weight excluding hydrogens is 244 g/mol. The van der Waals surface area contributed by atoms with Crippen LogP contribution < -0.4 is 5.32 Å². The Morgan fingerprint density at radius 1 is 1.50 bits per heavy atom. The number of imidazole rings is 1. The average molecular weight is 262 g/mol. The lowest BCUT2D eigenvalue weighted by Crippen LogP contribution is -2.29. The van der Waals surface area contributed by atoms with Crippen LogP contribution in [-0.4, -0.2) is 21.1 Å². The smallest absolute Gasteiger partial charge is 0.108 e. The molecule has 3 heterocycles. The second-order valence-electron chi connectivity index (χ2n) is 4.89. The van der Waals surface area contributed by atoms with E-state index in [0.29, 0.717) is 0 Å². The molecule has 0 fully saturated rings. The summed E-state index contributed by atoms with van der Waals surface area (Å²) in [6, 6.07) is 0. The van der Waals surface area contributed by atoms with E-state index >= 15 is 0 Å². The molecule has 96 valence electrons. The molecule has 1 aliphatic heterocycles. The predicted octanol–water partition coefficient (Wildman–Crippen LogP) is 2.00. The summed E-state index contributed by atoms with van der Waals surface area (Å²) >= 11 is 1.74. The van der Waals surface area contributed by atoms with Crippen molar-refractivity contribution in [2.45, 2.75) is 32.9 Å². The van der Waals surface area contributed by atoms with Gasteiger partial charge >= 0.3 is 0 Å². The van der Waals surface area contributed by atoms with Crippen molar-refractivity contribution in [1.29, 1.82) is 0 Å². The largest absolute Gasteiger partial charge is 0.335 e. The fraction of sp³-hybridized carbons (Fsp3) is 0.538. The molecule has 0 aliphatic carbocycles. The number of nitrogens with one attached hydrogen (secondary N) is 1. The van der Waals surface area contributed by atoms with E-state index in [1.807, 2.05) is 11.7 Å². The molecule has 0 radical (unpaired) electrons. The quantitative estimate of drug-likeness (QED) is 0.916. The normalized spacial score (nSPS) is 18.8. The van der Waals surface area contributed by atoms with Crippen LogP contribution in [0.1, 0.15) is 22.8 Å². The van der Waals surface area contributed by atoms with Crippen molar-refractivity contribution in [2.75, 3.05) is 6.54 Å². The summed E-state index contributed by atoms with van der Waals surface area (Å²) in [6.45, 7) is 5.20. The molecular formula is C13H18N4S. The maximum atomic E-state index is 4.36. The maximum absolute atomic E-state index is 4.36. The van der Waals surface area contributed by atoms with Gasteiger partial charge in [-0.05, 0) is 19.3 Å². The molecule has 3 rings (SSSR count). The van der Waals surface area contributed by atoms with Crippen LogP contribution in [0, 0.1) is 12.8 Å². The Balaban J connectivity index is 1.49. The third-order valence-electron chi connectivity index (χ3n) is 3.60. The van der Waals surface area contributed by atoms with Crippen LogP contribution in [0.5, 0.6) is 0 Å². The van der Waals surface area contributed by atoms with E-state index in [1.54, 1.807) is 11.3 Å². The summed E-state index contributed by atoms with van der Waals surface area (Å²) in [4.78, 5) is 9.99. The van der Waals surface area contributed by atoms with Gasteiger partial charge in [0.05, 0.1) is 11.2 Å². The number of thiazole rings is 1. The van der Waals surface area contributed by atoms with Crippen molar-refractivity contribution in [3.05, 3.63) is 34.3 Å². The number of hydrogen-bond donors (Lipinski definition) is 1. The van der Waals surface area contributed by atoms with Crippen LogP contribution in [0.3, 0.4) is 0 Å². The van der Waals surface area contributed by atoms with Crippen LogP contribution in [0.25, 0.3) is 0 Å². The van der Waals surface area contributed by atoms with Crippen molar-refractivity contribution in [2.24, 2.45) is 5.92 Å². The van der Waals surface area contributed by atoms with Gasteiger partial charge in [-0.25, -0.2) is 9.97 Å². The Kier molecular flexibility index (Phi) is 3.43. The highest BCUT2D eigenvalue weighted by Crippen LogP contribution is 2.18. The van der Waals surface area contributed by atoms with Crippen LogP contribution in [0.15, 0.2) is 17.9 Å². The highest BCUT2D eigenvalue weighted by molar-refractivity contribution is 7.09. The topological polar surface area (TPSA) is 42.7 Å². The third-order valence-corrected chi connectivity index (χ3v) is 4.53. The lowest BCUT2D eigenvalue weighted by Gasteiger charge is -2.23. The van der Waals surface area contributed by atoms with Gasteiger partial charge in [0.2, 0.25) is 0 Å². The Hall–Kier alpha value is -1.20. The van der Waals surface area contributed by atoms with Gasteiger partial charge in [-0.1, -0.05) is 0 Å². The van der Waals surface area contributed by atoms with Crippen molar-refractivity contribution in [3.8, 4) is 0 Å². The summed E-state index contributed by atoms with van der Waals surface area (Å²) in [5.74, 6) is 1.96. The minimum Gasteiger partial charge on any atom is -0.335 e. The molecule has 1 N–H and O–H groups in total. The fourth-order valence-corrected chi connectivity index (χ4v) is 3.24. The van der Waals surface area contributed by atoms with Gasteiger partial charge in [-0.3, -0.25) is 0 Å². The number of hydrogen-bond acceptors (Lipinski definition) is 4. The summed E-state index contributed by atoms with van der Waals surface area (Å²) in [5, 5.41) is 3.56. The number of rotatable bonds is 4. The standard InChI is InChI=1S/C13H18N4S/c1-10-12(18-9-16-10)7-14-6-11-2-3-13-15-4-5-17(13)8-11/h4-5,9,11,14H,2-3,6-8H2,1H3. The molecule has 5 heteroatoms. The SMILES string of the molecule is Cc1ncsc1CNCC1CCc2nccn2C1. The summed E-state index contributed by atoms with van der Waals surface area (Å²) in [5.41, 5.74) is 3.08. The molecule has 0 bridgehead atoms. The maximum Gasteiger partial charge on any atom is 0.108 e. The van der Waals surface area contributed by atoms with Gasteiger partial charge in [0.1, 0.15) is 5.82 Å². The molecule has 0 saturated heterocycles. The average Bonchev–Trinajstić information content (AvgIpc) is 2.98. The molecule has 4 nitrogen and oxygen atoms in total. The van der Waals surface area contributed by atoms with Crippen LogP contribution in [0.4, 0.5) is 0 Å². The molecule has 1 unspecified atom stereocenters. The molecule has 1 atom stereocenters. The number of nitrogens with zero attached hydrogens (tertiary/aromatic N) is 3. The predicted molar refractivity (Wildman–Crippen MR) is 72.6 cm³/mol. The van der Waals surface area contributed by atoms with Crippen molar-refractivity contribution in [3.63, 3.8) is 0 Å². The van der Waals surface area contributed by atoms with Crippen molar-refractivity contribution < 1.29 is 0 Å². The van der Waals surface area contributed by atoms with E-state index in [1.165, 1.54) is 17.1 Å². The van der Waals surface area contributed by atoms with E-state index < -0.39 is 0 Å². The number of aryl methyl sites for hydroxylation is 2. The lowest BCUT2D eigenvalue weighted by atomic mass is 9.99. The van der Waals surface area contributed by atoms with Crippen LogP contribution in [-0.2, 0) is 19.5 Å². The third kappa shape index (κ3) is 2.47. The van der Waals surface area contributed by atoms with E-state index in [9.17, 15) is 0 Å². The molecule has 0 spiro atoms. The summed E-state index contributed by atoms with van der Waals surface area (Å²) in [6.07, 6.45) is 6.35. The number of fused-ring (bicyclic) bond motifs is 1. The molecule has 2 aromatic heterocycles. The van der Waals surface area contributed by atoms with Crippen molar-refractivity contribution >= 4 is 11.3 Å². The highest BCUT2D eigenvalue weighted by atomic mass is 32.1. The number of aromatic nitrogens is 3. The van der Waals surface area contributed by atoms with Gasteiger partial charge in [0.25, 0.3) is 0 Å². The Morgan fingerprint density at radius 3 is 3.28 bits per heavy atom. The zero-order valence-electron chi connectivity index (χ0n) is 10.6.